The Hall–Kier alpha value is -0.0400. The minimum atomic E-state index is 0.381. The van der Waals surface area contributed by atoms with Gasteiger partial charge in [0.05, 0.1) is 0 Å². The fourth-order valence-electron chi connectivity index (χ4n) is 3.00. The Bertz CT molecular complexity index is 153. The van der Waals surface area contributed by atoms with Crippen molar-refractivity contribution in [2.24, 2.45) is 23.5 Å². The molecule has 1 rings (SSSR count). The molecule has 0 radical (unpaired) electrons. The van der Waals surface area contributed by atoms with E-state index in [0.717, 1.165) is 17.8 Å². The lowest BCUT2D eigenvalue weighted by Crippen LogP contribution is -2.26. The second kappa shape index (κ2) is 5.75. The maximum Gasteiger partial charge on any atom is 0.00131 e. The quantitative estimate of drug-likeness (QED) is 0.732. The van der Waals surface area contributed by atoms with E-state index in [0.29, 0.717) is 6.04 Å². The summed E-state index contributed by atoms with van der Waals surface area (Å²) in [5, 5.41) is 0. The van der Waals surface area contributed by atoms with Crippen molar-refractivity contribution in [3.63, 3.8) is 0 Å². The molecule has 0 aliphatic heterocycles. The molecule has 1 fully saturated rings. The number of rotatable bonds is 4. The third-order valence-electron chi connectivity index (χ3n) is 3.95. The van der Waals surface area contributed by atoms with Gasteiger partial charge in [-0.15, -0.1) is 0 Å². The van der Waals surface area contributed by atoms with Crippen molar-refractivity contribution < 1.29 is 0 Å². The van der Waals surface area contributed by atoms with E-state index in [9.17, 15) is 0 Å². The zero-order valence-corrected chi connectivity index (χ0v) is 10.1. The van der Waals surface area contributed by atoms with Crippen molar-refractivity contribution in [1.82, 2.24) is 0 Å². The molecule has 0 heterocycles. The minimum absolute atomic E-state index is 0.381. The Balaban J connectivity index is 2.35. The van der Waals surface area contributed by atoms with E-state index in [1.807, 2.05) is 0 Å². The minimum Gasteiger partial charge on any atom is -0.328 e. The normalized spacial score (nSPS) is 32.6. The van der Waals surface area contributed by atoms with Crippen molar-refractivity contribution in [3.8, 4) is 0 Å². The van der Waals surface area contributed by atoms with Crippen LogP contribution in [-0.4, -0.2) is 6.04 Å². The van der Waals surface area contributed by atoms with Crippen LogP contribution in [0.3, 0.4) is 0 Å². The van der Waals surface area contributed by atoms with Crippen LogP contribution in [0.1, 0.15) is 59.3 Å². The van der Waals surface area contributed by atoms with E-state index in [2.05, 4.69) is 20.8 Å². The third kappa shape index (κ3) is 3.61. The molecule has 0 amide bonds. The summed E-state index contributed by atoms with van der Waals surface area (Å²) in [6.45, 7) is 6.87. The molecule has 0 saturated heterocycles. The molecule has 84 valence electrons. The Labute approximate surface area is 89.5 Å². The molecule has 1 saturated carbocycles. The average Bonchev–Trinajstić information content (AvgIpc) is 2.17. The summed E-state index contributed by atoms with van der Waals surface area (Å²) < 4.78 is 0. The highest BCUT2D eigenvalue weighted by molar-refractivity contribution is 4.77. The molecule has 1 nitrogen and oxygen atoms in total. The summed E-state index contributed by atoms with van der Waals surface area (Å²) in [6, 6.07) is 0.381. The second-order valence-corrected chi connectivity index (χ2v) is 5.39. The number of hydrogen-bond acceptors (Lipinski definition) is 1. The van der Waals surface area contributed by atoms with Crippen LogP contribution in [0, 0.1) is 17.8 Å². The highest BCUT2D eigenvalue weighted by atomic mass is 14.6. The largest absolute Gasteiger partial charge is 0.328 e. The molecule has 4 atom stereocenters. The van der Waals surface area contributed by atoms with Crippen molar-refractivity contribution in [2.75, 3.05) is 0 Å². The zero-order valence-electron chi connectivity index (χ0n) is 10.1. The molecule has 2 N–H and O–H groups in total. The standard InChI is InChI=1S/C13H27N/c1-4-12-6-5-7-13(9-12)10(2)8-11(3)14/h10-13H,4-9,14H2,1-3H3. The lowest BCUT2D eigenvalue weighted by molar-refractivity contribution is 0.189. The summed E-state index contributed by atoms with van der Waals surface area (Å²) in [5.41, 5.74) is 5.87. The first kappa shape index (κ1) is 12.0. The topological polar surface area (TPSA) is 26.0 Å². The van der Waals surface area contributed by atoms with Crippen molar-refractivity contribution in [3.05, 3.63) is 0 Å². The van der Waals surface area contributed by atoms with Gasteiger partial charge in [-0.05, 0) is 37.5 Å². The van der Waals surface area contributed by atoms with Crippen LogP contribution in [-0.2, 0) is 0 Å². The first-order valence-corrected chi connectivity index (χ1v) is 6.39. The number of nitrogens with two attached hydrogens (primary N) is 1. The molecule has 14 heavy (non-hydrogen) atoms. The van der Waals surface area contributed by atoms with Crippen LogP contribution >= 0.6 is 0 Å². The molecule has 4 unspecified atom stereocenters. The molecule has 1 heteroatoms. The van der Waals surface area contributed by atoms with Gasteiger partial charge in [0.25, 0.3) is 0 Å². The molecule has 0 spiro atoms. The Morgan fingerprint density at radius 2 is 2.00 bits per heavy atom. The van der Waals surface area contributed by atoms with Crippen LogP contribution in [0.25, 0.3) is 0 Å². The Morgan fingerprint density at radius 3 is 2.57 bits per heavy atom. The first-order chi connectivity index (χ1) is 6.63. The molecule has 0 aromatic rings. The lowest BCUT2D eigenvalue weighted by atomic mass is 9.73. The molecule has 0 aromatic heterocycles. The van der Waals surface area contributed by atoms with E-state index >= 15 is 0 Å². The van der Waals surface area contributed by atoms with Crippen LogP contribution < -0.4 is 5.73 Å². The SMILES string of the molecule is CCC1CCCC(C(C)CC(C)N)C1. The highest BCUT2D eigenvalue weighted by Gasteiger charge is 2.25. The lowest BCUT2D eigenvalue weighted by Gasteiger charge is -2.33. The van der Waals surface area contributed by atoms with E-state index in [-0.39, 0.29) is 0 Å². The highest BCUT2D eigenvalue weighted by Crippen LogP contribution is 2.36. The van der Waals surface area contributed by atoms with E-state index in [1.54, 1.807) is 0 Å². The molecule has 0 bridgehead atoms. The van der Waals surface area contributed by atoms with Gasteiger partial charge in [-0.2, -0.15) is 0 Å². The van der Waals surface area contributed by atoms with E-state index < -0.39 is 0 Å². The van der Waals surface area contributed by atoms with E-state index in [1.165, 1.54) is 38.5 Å². The fourth-order valence-corrected chi connectivity index (χ4v) is 3.00. The van der Waals surface area contributed by atoms with Gasteiger partial charge in [-0.1, -0.05) is 39.5 Å². The Morgan fingerprint density at radius 1 is 1.29 bits per heavy atom. The van der Waals surface area contributed by atoms with Gasteiger partial charge in [0.1, 0.15) is 0 Å². The fraction of sp³-hybridized carbons (Fsp3) is 1.00. The predicted molar refractivity (Wildman–Crippen MR) is 63.2 cm³/mol. The second-order valence-electron chi connectivity index (χ2n) is 5.39. The monoisotopic (exact) mass is 197 g/mol. The van der Waals surface area contributed by atoms with Gasteiger partial charge in [0.2, 0.25) is 0 Å². The summed E-state index contributed by atoms with van der Waals surface area (Å²) in [4.78, 5) is 0. The van der Waals surface area contributed by atoms with Gasteiger partial charge in [0, 0.05) is 6.04 Å². The maximum absolute atomic E-state index is 5.87. The number of hydrogen-bond donors (Lipinski definition) is 1. The average molecular weight is 197 g/mol. The zero-order chi connectivity index (χ0) is 10.6. The van der Waals surface area contributed by atoms with Crippen LogP contribution in [0.2, 0.25) is 0 Å². The smallest absolute Gasteiger partial charge is 0.00131 e. The molecule has 1 aliphatic rings. The summed E-state index contributed by atoms with van der Waals surface area (Å²) in [6.07, 6.45) is 8.42. The summed E-state index contributed by atoms with van der Waals surface area (Å²) in [7, 11) is 0. The van der Waals surface area contributed by atoms with Gasteiger partial charge >= 0.3 is 0 Å². The van der Waals surface area contributed by atoms with Gasteiger partial charge in [-0.25, -0.2) is 0 Å². The van der Waals surface area contributed by atoms with E-state index in [4.69, 9.17) is 5.73 Å². The molecule has 1 aliphatic carbocycles. The predicted octanol–water partition coefficient (Wildman–Crippen LogP) is 3.58. The molecular formula is C13H27N. The molecular weight excluding hydrogens is 170 g/mol. The first-order valence-electron chi connectivity index (χ1n) is 6.39. The van der Waals surface area contributed by atoms with Crippen LogP contribution in [0.4, 0.5) is 0 Å². The Kier molecular flexibility index (Phi) is 4.94. The van der Waals surface area contributed by atoms with Crippen molar-refractivity contribution >= 4 is 0 Å². The van der Waals surface area contributed by atoms with Gasteiger partial charge < -0.3 is 5.73 Å². The van der Waals surface area contributed by atoms with Gasteiger partial charge in [0.15, 0.2) is 0 Å². The van der Waals surface area contributed by atoms with Gasteiger partial charge in [-0.3, -0.25) is 0 Å². The van der Waals surface area contributed by atoms with Crippen LogP contribution in [0.15, 0.2) is 0 Å². The summed E-state index contributed by atoms with van der Waals surface area (Å²) >= 11 is 0. The maximum atomic E-state index is 5.87. The van der Waals surface area contributed by atoms with Crippen molar-refractivity contribution in [1.29, 1.82) is 0 Å². The molecule has 0 aromatic carbocycles. The van der Waals surface area contributed by atoms with Crippen molar-refractivity contribution in [2.45, 2.75) is 65.3 Å². The third-order valence-corrected chi connectivity index (χ3v) is 3.95. The van der Waals surface area contributed by atoms with Crippen LogP contribution in [0.5, 0.6) is 0 Å². The summed E-state index contributed by atoms with van der Waals surface area (Å²) in [5.74, 6) is 2.80.